The van der Waals surface area contributed by atoms with Crippen molar-refractivity contribution in [1.82, 2.24) is 0 Å². The van der Waals surface area contributed by atoms with Crippen LogP contribution >= 0.6 is 0 Å². The molecular weight excluding hydrogens is 336 g/mol. The molecular formula is C24H40O3. The molecule has 0 aliphatic rings. The van der Waals surface area contributed by atoms with Gasteiger partial charge in [0.15, 0.2) is 0 Å². The van der Waals surface area contributed by atoms with Gasteiger partial charge in [0.1, 0.15) is 5.75 Å². The maximum Gasteiger partial charge on any atom is 0.513 e. The van der Waals surface area contributed by atoms with Crippen LogP contribution in [-0.4, -0.2) is 12.8 Å². The Balaban J connectivity index is 2.08. The van der Waals surface area contributed by atoms with E-state index in [-0.39, 0.29) is 0 Å². The SMILES string of the molecule is CCCCCCCCCCc1ccc(OC(=O)OCCCCCCC)cc1. The third-order valence-electron chi connectivity index (χ3n) is 4.91. The van der Waals surface area contributed by atoms with E-state index in [1.165, 1.54) is 76.2 Å². The van der Waals surface area contributed by atoms with Crippen LogP contribution in [0, 0.1) is 0 Å². The second kappa shape index (κ2) is 16.6. The summed E-state index contributed by atoms with van der Waals surface area (Å²) in [6.07, 6.45) is 16.9. The summed E-state index contributed by atoms with van der Waals surface area (Å²) in [5.41, 5.74) is 1.30. The molecule has 3 heteroatoms. The van der Waals surface area contributed by atoms with Crippen molar-refractivity contribution in [2.75, 3.05) is 6.61 Å². The first-order chi connectivity index (χ1) is 13.3. The molecule has 1 aromatic rings. The zero-order valence-electron chi connectivity index (χ0n) is 17.6. The molecule has 0 spiro atoms. The van der Waals surface area contributed by atoms with Crippen LogP contribution < -0.4 is 4.74 Å². The average Bonchev–Trinajstić information content (AvgIpc) is 2.68. The molecule has 0 aliphatic heterocycles. The highest BCUT2D eigenvalue weighted by molar-refractivity contribution is 5.63. The highest BCUT2D eigenvalue weighted by atomic mass is 16.7. The Bertz CT molecular complexity index is 467. The summed E-state index contributed by atoms with van der Waals surface area (Å²) in [4.78, 5) is 11.7. The number of carbonyl (C=O) groups is 1. The summed E-state index contributed by atoms with van der Waals surface area (Å²) in [5.74, 6) is 0.561. The quantitative estimate of drug-likeness (QED) is 0.167. The number of ether oxygens (including phenoxy) is 2. The van der Waals surface area contributed by atoms with Gasteiger partial charge in [-0.15, -0.1) is 0 Å². The fourth-order valence-corrected chi connectivity index (χ4v) is 3.17. The zero-order chi connectivity index (χ0) is 19.6. The van der Waals surface area contributed by atoms with Crippen molar-refractivity contribution < 1.29 is 14.3 Å². The van der Waals surface area contributed by atoms with Gasteiger partial charge >= 0.3 is 6.16 Å². The lowest BCUT2D eigenvalue weighted by Crippen LogP contribution is -2.11. The Morgan fingerprint density at radius 2 is 1.22 bits per heavy atom. The van der Waals surface area contributed by atoms with E-state index < -0.39 is 6.16 Å². The van der Waals surface area contributed by atoms with Gasteiger partial charge in [0.25, 0.3) is 0 Å². The summed E-state index contributed by atoms with van der Waals surface area (Å²) >= 11 is 0. The van der Waals surface area contributed by atoms with E-state index in [0.29, 0.717) is 12.4 Å². The highest BCUT2D eigenvalue weighted by Gasteiger charge is 2.06. The molecule has 0 aromatic heterocycles. The molecule has 0 bridgehead atoms. The monoisotopic (exact) mass is 376 g/mol. The summed E-state index contributed by atoms with van der Waals surface area (Å²) in [7, 11) is 0. The largest absolute Gasteiger partial charge is 0.513 e. The molecule has 27 heavy (non-hydrogen) atoms. The topological polar surface area (TPSA) is 35.5 Å². The van der Waals surface area contributed by atoms with Gasteiger partial charge in [0.2, 0.25) is 0 Å². The van der Waals surface area contributed by atoms with Crippen LogP contribution in [0.5, 0.6) is 5.75 Å². The maximum atomic E-state index is 11.7. The summed E-state index contributed by atoms with van der Waals surface area (Å²) in [6.45, 7) is 4.89. The molecule has 0 atom stereocenters. The van der Waals surface area contributed by atoms with Gasteiger partial charge in [-0.3, -0.25) is 0 Å². The van der Waals surface area contributed by atoms with Crippen molar-refractivity contribution in [3.8, 4) is 5.75 Å². The third-order valence-corrected chi connectivity index (χ3v) is 4.91. The van der Waals surface area contributed by atoms with Gasteiger partial charge in [0.05, 0.1) is 6.61 Å². The first-order valence-corrected chi connectivity index (χ1v) is 11.2. The minimum absolute atomic E-state index is 0.444. The van der Waals surface area contributed by atoms with Crippen LogP contribution in [0.2, 0.25) is 0 Å². The van der Waals surface area contributed by atoms with Crippen molar-refractivity contribution in [1.29, 1.82) is 0 Å². The number of unbranched alkanes of at least 4 members (excludes halogenated alkanes) is 11. The molecule has 0 heterocycles. The van der Waals surface area contributed by atoms with Crippen molar-refractivity contribution in [2.24, 2.45) is 0 Å². The molecule has 0 amide bonds. The Labute approximate surface area is 166 Å². The van der Waals surface area contributed by atoms with Crippen LogP contribution in [0.3, 0.4) is 0 Å². The minimum Gasteiger partial charge on any atom is -0.434 e. The van der Waals surface area contributed by atoms with Crippen LogP contribution in [-0.2, 0) is 11.2 Å². The Morgan fingerprint density at radius 1 is 0.704 bits per heavy atom. The predicted octanol–water partition coefficient (Wildman–Crippen LogP) is 7.86. The molecule has 0 aliphatic carbocycles. The number of hydrogen-bond donors (Lipinski definition) is 0. The fraction of sp³-hybridized carbons (Fsp3) is 0.708. The van der Waals surface area contributed by atoms with Crippen molar-refractivity contribution in [2.45, 2.75) is 104 Å². The molecule has 3 nitrogen and oxygen atoms in total. The number of benzene rings is 1. The Kier molecular flexibility index (Phi) is 14.5. The first kappa shape index (κ1) is 23.5. The van der Waals surface area contributed by atoms with Crippen LogP contribution in [0.4, 0.5) is 4.79 Å². The summed E-state index contributed by atoms with van der Waals surface area (Å²) in [6, 6.07) is 7.83. The van der Waals surface area contributed by atoms with Crippen LogP contribution in [0.25, 0.3) is 0 Å². The lowest BCUT2D eigenvalue weighted by atomic mass is 10.0. The van der Waals surface area contributed by atoms with E-state index in [2.05, 4.69) is 26.0 Å². The van der Waals surface area contributed by atoms with Crippen LogP contribution in [0.1, 0.15) is 103 Å². The van der Waals surface area contributed by atoms with Gasteiger partial charge in [-0.2, -0.15) is 0 Å². The van der Waals surface area contributed by atoms with E-state index in [1.54, 1.807) is 0 Å². The van der Waals surface area contributed by atoms with Crippen molar-refractivity contribution in [3.05, 3.63) is 29.8 Å². The Hall–Kier alpha value is -1.51. The number of rotatable bonds is 16. The Morgan fingerprint density at radius 3 is 1.81 bits per heavy atom. The number of aryl methyl sites for hydroxylation is 1. The molecule has 0 N–H and O–H groups in total. The number of hydrogen-bond acceptors (Lipinski definition) is 3. The van der Waals surface area contributed by atoms with E-state index in [1.807, 2.05) is 12.1 Å². The van der Waals surface area contributed by atoms with E-state index in [0.717, 1.165) is 19.3 Å². The number of carbonyl (C=O) groups excluding carboxylic acids is 1. The van der Waals surface area contributed by atoms with Gasteiger partial charge < -0.3 is 9.47 Å². The van der Waals surface area contributed by atoms with E-state index >= 15 is 0 Å². The zero-order valence-corrected chi connectivity index (χ0v) is 17.6. The lowest BCUT2D eigenvalue weighted by molar-refractivity contribution is 0.0973. The van der Waals surface area contributed by atoms with Crippen molar-refractivity contribution in [3.63, 3.8) is 0 Å². The first-order valence-electron chi connectivity index (χ1n) is 11.2. The fourth-order valence-electron chi connectivity index (χ4n) is 3.17. The molecule has 0 fully saturated rings. The standard InChI is InChI=1S/C24H40O3/c1-3-5-7-9-10-11-12-14-16-22-17-19-23(20-18-22)27-24(25)26-21-15-13-8-6-4-2/h17-20H,3-16,21H2,1-2H3. The second-order valence-electron chi connectivity index (χ2n) is 7.48. The van der Waals surface area contributed by atoms with Crippen molar-refractivity contribution >= 4 is 6.16 Å². The van der Waals surface area contributed by atoms with Gasteiger partial charge in [-0.05, 0) is 37.0 Å². The highest BCUT2D eigenvalue weighted by Crippen LogP contribution is 2.16. The third kappa shape index (κ3) is 13.3. The lowest BCUT2D eigenvalue weighted by Gasteiger charge is -2.07. The second-order valence-corrected chi connectivity index (χ2v) is 7.48. The van der Waals surface area contributed by atoms with E-state index in [9.17, 15) is 4.79 Å². The molecule has 0 unspecified atom stereocenters. The predicted molar refractivity (Wildman–Crippen MR) is 113 cm³/mol. The van der Waals surface area contributed by atoms with Gasteiger partial charge in [0, 0.05) is 0 Å². The molecule has 1 aromatic carbocycles. The van der Waals surface area contributed by atoms with E-state index in [4.69, 9.17) is 9.47 Å². The smallest absolute Gasteiger partial charge is 0.434 e. The minimum atomic E-state index is -0.596. The maximum absolute atomic E-state index is 11.7. The summed E-state index contributed by atoms with van der Waals surface area (Å²) in [5, 5.41) is 0. The van der Waals surface area contributed by atoms with Gasteiger partial charge in [-0.1, -0.05) is 96.6 Å². The molecule has 1 rings (SSSR count). The molecule has 0 saturated carbocycles. The molecule has 0 saturated heterocycles. The molecule has 0 radical (unpaired) electrons. The average molecular weight is 377 g/mol. The van der Waals surface area contributed by atoms with Crippen LogP contribution in [0.15, 0.2) is 24.3 Å². The normalized spacial score (nSPS) is 10.7. The van der Waals surface area contributed by atoms with Gasteiger partial charge in [-0.25, -0.2) is 4.79 Å². The molecule has 154 valence electrons. The summed E-state index contributed by atoms with van der Waals surface area (Å²) < 4.78 is 10.3.